The maximum atomic E-state index is 12.1. The first-order chi connectivity index (χ1) is 31.0. The van der Waals surface area contributed by atoms with Crippen LogP contribution in [0, 0.1) is 6.92 Å². The molecule has 6 aromatic rings. The molecule has 0 unspecified atom stereocenters. The fourth-order valence-corrected chi connectivity index (χ4v) is 6.34. The van der Waals surface area contributed by atoms with Gasteiger partial charge in [0.2, 0.25) is 0 Å². The molecule has 0 fully saturated rings. The molecule has 0 aromatic heterocycles. The zero-order valence-corrected chi connectivity index (χ0v) is 46.3. The van der Waals surface area contributed by atoms with E-state index in [-0.39, 0.29) is 32.6 Å². The van der Waals surface area contributed by atoms with Crippen molar-refractivity contribution < 1.29 is 30.7 Å². The van der Waals surface area contributed by atoms with Crippen LogP contribution in [0.25, 0.3) is 11.1 Å². The van der Waals surface area contributed by atoms with Gasteiger partial charge in [-0.15, -0.1) is 0 Å². The van der Waals surface area contributed by atoms with E-state index >= 15 is 0 Å². The second-order valence-electron chi connectivity index (χ2n) is 12.5. The zero-order valence-electron chi connectivity index (χ0n) is 43.3. The van der Waals surface area contributed by atoms with Crippen molar-refractivity contribution in [1.82, 2.24) is 0 Å². The smallest absolute Gasteiger partial charge is 0.194 e. The van der Waals surface area contributed by atoms with Crippen LogP contribution in [-0.4, -0.2) is 11.6 Å². The molecule has 0 saturated heterocycles. The van der Waals surface area contributed by atoms with Crippen LogP contribution in [0.5, 0.6) is 0 Å². The van der Waals surface area contributed by atoms with E-state index in [0.29, 0.717) is 22.3 Å². The van der Waals surface area contributed by atoms with Gasteiger partial charge >= 0.3 is 0 Å². The summed E-state index contributed by atoms with van der Waals surface area (Å²) in [6.45, 7) is 37.5. The molecule has 2 nitrogen and oxygen atoms in total. The Morgan fingerprint density at radius 1 is 0.297 bits per heavy atom. The summed E-state index contributed by atoms with van der Waals surface area (Å²) in [6.07, 6.45) is 5.81. The van der Waals surface area contributed by atoms with Crippen molar-refractivity contribution in [1.29, 1.82) is 0 Å². The Bertz CT molecular complexity index is 1800. The summed E-state index contributed by atoms with van der Waals surface area (Å²) >= 11 is 0. The number of hydrogen-bond donors (Lipinski definition) is 0. The Balaban J connectivity index is -0.000000350. The molecule has 0 bridgehead atoms. The zero-order chi connectivity index (χ0) is 48.6. The summed E-state index contributed by atoms with van der Waals surface area (Å²) in [4.78, 5) is 24.2. The molecule has 0 saturated carbocycles. The van der Waals surface area contributed by atoms with E-state index in [2.05, 4.69) is 132 Å². The fraction of sp³-hybridized carbons (Fsp3) is 0.361. The number of hydrogen-bond acceptors (Lipinski definition) is 2. The molecule has 6 aromatic carbocycles. The van der Waals surface area contributed by atoms with E-state index in [1.54, 1.807) is 55.5 Å². The van der Waals surface area contributed by atoms with Crippen molar-refractivity contribution in [3.8, 4) is 11.1 Å². The van der Waals surface area contributed by atoms with Crippen LogP contribution < -0.4 is 0 Å². The Kier molecular flexibility index (Phi) is 44.9. The summed E-state index contributed by atoms with van der Waals surface area (Å²) in [5.41, 5.74) is 13.7. The van der Waals surface area contributed by atoms with Crippen LogP contribution in [0.1, 0.15) is 196 Å². The maximum absolute atomic E-state index is 12.1. The number of rotatable bonds is 0. The first-order valence-corrected chi connectivity index (χ1v) is 24.3. The first-order valence-electron chi connectivity index (χ1n) is 24.3. The van der Waals surface area contributed by atoms with Crippen LogP contribution in [-0.2, 0) is 40.3 Å². The minimum Gasteiger partial charge on any atom is -0.346 e. The van der Waals surface area contributed by atoms with Crippen LogP contribution in [0.4, 0.5) is 0 Å². The molecule has 0 atom stereocenters. The molecule has 0 spiro atoms. The summed E-state index contributed by atoms with van der Waals surface area (Å²) in [5, 5.41) is 0. The van der Waals surface area contributed by atoms with Gasteiger partial charge in [-0.05, 0) is 63.8 Å². The van der Waals surface area contributed by atoms with Gasteiger partial charge in [-0.1, -0.05) is 269 Å². The van der Waals surface area contributed by atoms with Crippen molar-refractivity contribution in [3.05, 3.63) is 208 Å². The van der Waals surface area contributed by atoms with Gasteiger partial charge in [0, 0.05) is 43.3 Å². The second-order valence-corrected chi connectivity index (χ2v) is 12.5. The van der Waals surface area contributed by atoms with E-state index in [9.17, 15) is 9.59 Å². The van der Waals surface area contributed by atoms with E-state index in [1.165, 1.54) is 57.3 Å². The number of carbonyl (C=O) groups is 2. The number of ketones is 2. The Morgan fingerprint density at radius 2 is 0.438 bits per heavy atom. The van der Waals surface area contributed by atoms with Gasteiger partial charge in [0.1, 0.15) is 0 Å². The van der Waals surface area contributed by atoms with Gasteiger partial charge in [-0.2, -0.15) is 6.92 Å². The third-order valence-electron chi connectivity index (χ3n) is 8.54. The summed E-state index contributed by atoms with van der Waals surface area (Å²) < 4.78 is 0. The van der Waals surface area contributed by atoms with E-state index < -0.39 is 0 Å². The van der Waals surface area contributed by atoms with Gasteiger partial charge in [0.25, 0.3) is 0 Å². The van der Waals surface area contributed by atoms with Gasteiger partial charge in [0.05, 0.1) is 0 Å². The molecule has 350 valence electrons. The predicted octanol–water partition coefficient (Wildman–Crippen LogP) is 18.7. The first kappa shape index (κ1) is 66.0. The Hall–Kier alpha value is -4.65. The molecule has 3 heteroatoms. The SMILES string of the molecule is CC.CC.CC.CC.CC.CC.CCC.CCC.O=C1c2ccccc2C(=O)c2ccccc21.[CH2-]C.[W].c1ccc2c(c1)Cc1ccccc1-2.c1ccc2c(c1)Cc1ccccc1C2. The minimum absolute atomic E-state index is 0. The molecule has 9 rings (SSSR count). The van der Waals surface area contributed by atoms with Crippen molar-refractivity contribution in [2.45, 2.75) is 150 Å². The van der Waals surface area contributed by atoms with Gasteiger partial charge in [-0.25, -0.2) is 0 Å². The number of carbonyl (C=O) groups excluding carboxylic acids is 2. The Morgan fingerprint density at radius 3 is 0.641 bits per heavy atom. The van der Waals surface area contributed by atoms with Gasteiger partial charge < -0.3 is 6.92 Å². The van der Waals surface area contributed by atoms with Crippen LogP contribution >= 0.6 is 0 Å². The van der Waals surface area contributed by atoms with E-state index in [1.807, 2.05) is 83.1 Å². The quantitative estimate of drug-likeness (QED) is 0.142. The van der Waals surface area contributed by atoms with Crippen molar-refractivity contribution in [3.63, 3.8) is 0 Å². The van der Waals surface area contributed by atoms with Crippen LogP contribution in [0.2, 0.25) is 0 Å². The number of benzene rings is 6. The number of fused-ring (bicyclic) bond motifs is 7. The van der Waals surface area contributed by atoms with Crippen LogP contribution in [0.3, 0.4) is 0 Å². The molecule has 0 amide bonds. The third kappa shape index (κ3) is 20.9. The second kappa shape index (κ2) is 43.6. The van der Waals surface area contributed by atoms with E-state index in [0.717, 1.165) is 19.3 Å². The summed E-state index contributed by atoms with van der Waals surface area (Å²) in [5.74, 6) is -0.128. The topological polar surface area (TPSA) is 34.1 Å². The summed E-state index contributed by atoms with van der Waals surface area (Å²) in [7, 11) is 0. The minimum atomic E-state index is -0.0641. The predicted molar refractivity (Wildman–Crippen MR) is 284 cm³/mol. The molecule has 0 heterocycles. The molecule has 0 N–H and O–H groups in total. The molecule has 3 aliphatic rings. The largest absolute Gasteiger partial charge is 0.346 e. The normalized spacial score (nSPS) is 9.91. The standard InChI is InChI=1S/C14H8O2.C14H12.C13H10.2C3H8.6C2H6.C2H5.W/c15-13-9-5-1-2-6-10(9)14(16)12-8-4-3-7-11(12)13;1-2-6-12-10-14-8-4-3-7-13(14)9-11(12)5-1;1-3-7-12-10(5-1)9-11-6-2-4-8-13(11)12;2*1-3-2;7*1-2;/h1-8H;1-8H,9-10H2;1-8H,9H2;2*3H2,1-2H3;6*1-2H3;1H2,2H3;/q;;;;;;;;;;;-1;. The Labute approximate surface area is 409 Å². The monoisotopic (exact) mass is 1040 g/mol. The van der Waals surface area contributed by atoms with Crippen LogP contribution in [0.15, 0.2) is 146 Å². The van der Waals surface area contributed by atoms with Crippen molar-refractivity contribution in [2.24, 2.45) is 0 Å². The average molecular weight is 1040 g/mol. The van der Waals surface area contributed by atoms with Crippen molar-refractivity contribution in [2.75, 3.05) is 0 Å². The molecule has 0 aliphatic heterocycles. The molecule has 64 heavy (non-hydrogen) atoms. The molecule has 3 aliphatic carbocycles. The fourth-order valence-electron chi connectivity index (χ4n) is 6.34. The molecule has 0 radical (unpaired) electrons. The van der Waals surface area contributed by atoms with E-state index in [4.69, 9.17) is 0 Å². The summed E-state index contributed by atoms with van der Waals surface area (Å²) in [6, 6.07) is 48.7. The molecular weight excluding hydrogens is 949 g/mol. The van der Waals surface area contributed by atoms with Gasteiger partial charge in [0.15, 0.2) is 11.6 Å². The maximum Gasteiger partial charge on any atom is 0.194 e. The van der Waals surface area contributed by atoms with Gasteiger partial charge in [-0.3, -0.25) is 9.59 Å². The average Bonchev–Trinajstić information content (AvgIpc) is 3.77. The molecular formula is C61H87O2W-. The van der Waals surface area contributed by atoms with Crippen molar-refractivity contribution >= 4 is 11.6 Å². The third-order valence-corrected chi connectivity index (χ3v) is 8.54.